The second-order valence-electron chi connectivity index (χ2n) is 5.33. The van der Waals surface area contributed by atoms with E-state index in [0.717, 1.165) is 12.8 Å². The van der Waals surface area contributed by atoms with Crippen LogP contribution in [0.15, 0.2) is 42.5 Å². The molecular weight excluding hydrogens is 326 g/mol. The van der Waals surface area contributed by atoms with Gasteiger partial charge < -0.3 is 14.8 Å². The van der Waals surface area contributed by atoms with Crippen LogP contribution >= 0.6 is 11.6 Å². The fourth-order valence-electron chi connectivity index (χ4n) is 2.26. The van der Waals surface area contributed by atoms with Gasteiger partial charge in [-0.25, -0.2) is 0 Å². The van der Waals surface area contributed by atoms with Crippen LogP contribution in [-0.4, -0.2) is 26.2 Å². The standard InChI is InChI=1S/C19H22ClNO3/c1-3-11-24-18-16(20)12-15(13-17(18)23-2)19(22)21-10-9-14-7-5-4-6-8-14/h4-8,12-13H,3,9-11H2,1-2H3,(H,21,22). The molecule has 0 radical (unpaired) electrons. The minimum Gasteiger partial charge on any atom is -0.493 e. The van der Waals surface area contributed by atoms with E-state index >= 15 is 0 Å². The predicted octanol–water partition coefficient (Wildman–Crippen LogP) is 4.11. The minimum absolute atomic E-state index is 0.187. The lowest BCUT2D eigenvalue weighted by atomic mass is 10.1. The summed E-state index contributed by atoms with van der Waals surface area (Å²) in [6, 6.07) is 13.3. The molecule has 2 aromatic rings. The van der Waals surface area contributed by atoms with E-state index in [1.54, 1.807) is 12.1 Å². The summed E-state index contributed by atoms with van der Waals surface area (Å²) in [5.41, 5.74) is 1.63. The largest absolute Gasteiger partial charge is 0.493 e. The minimum atomic E-state index is -0.187. The number of amides is 1. The number of benzene rings is 2. The van der Waals surface area contributed by atoms with Crippen LogP contribution in [0.4, 0.5) is 0 Å². The van der Waals surface area contributed by atoms with Crippen molar-refractivity contribution in [1.82, 2.24) is 5.32 Å². The zero-order valence-electron chi connectivity index (χ0n) is 14.0. The molecule has 0 fully saturated rings. The van der Waals surface area contributed by atoms with Crippen LogP contribution in [0, 0.1) is 0 Å². The van der Waals surface area contributed by atoms with E-state index in [1.165, 1.54) is 12.7 Å². The Bertz CT molecular complexity index is 674. The first-order valence-electron chi connectivity index (χ1n) is 7.98. The van der Waals surface area contributed by atoms with Crippen LogP contribution in [0.1, 0.15) is 29.3 Å². The quantitative estimate of drug-likeness (QED) is 0.781. The van der Waals surface area contributed by atoms with E-state index in [2.05, 4.69) is 5.32 Å². The molecule has 0 aromatic heterocycles. The number of rotatable bonds is 8. The van der Waals surface area contributed by atoms with Crippen molar-refractivity contribution in [2.45, 2.75) is 19.8 Å². The normalized spacial score (nSPS) is 10.3. The fourth-order valence-corrected chi connectivity index (χ4v) is 2.53. The summed E-state index contributed by atoms with van der Waals surface area (Å²) in [6.07, 6.45) is 1.64. The van der Waals surface area contributed by atoms with Crippen LogP contribution in [-0.2, 0) is 6.42 Å². The van der Waals surface area contributed by atoms with Crippen molar-refractivity contribution in [2.24, 2.45) is 0 Å². The van der Waals surface area contributed by atoms with Crippen LogP contribution in [0.5, 0.6) is 11.5 Å². The Morgan fingerprint density at radius 2 is 1.96 bits per heavy atom. The van der Waals surface area contributed by atoms with E-state index in [-0.39, 0.29) is 5.91 Å². The molecule has 0 saturated heterocycles. The van der Waals surface area contributed by atoms with Crippen molar-refractivity contribution in [2.75, 3.05) is 20.3 Å². The maximum atomic E-state index is 12.3. The molecule has 0 aliphatic rings. The van der Waals surface area contributed by atoms with Gasteiger partial charge in [-0.1, -0.05) is 48.9 Å². The Kier molecular flexibility index (Phi) is 6.94. The van der Waals surface area contributed by atoms with Crippen LogP contribution in [0.25, 0.3) is 0 Å². The van der Waals surface area contributed by atoms with Gasteiger partial charge in [0.05, 0.1) is 18.7 Å². The van der Waals surface area contributed by atoms with Gasteiger partial charge in [-0.15, -0.1) is 0 Å². The van der Waals surface area contributed by atoms with Crippen molar-refractivity contribution >= 4 is 17.5 Å². The lowest BCUT2D eigenvalue weighted by Crippen LogP contribution is -2.25. The summed E-state index contributed by atoms with van der Waals surface area (Å²) in [5, 5.41) is 3.27. The Morgan fingerprint density at radius 1 is 1.21 bits per heavy atom. The lowest BCUT2D eigenvalue weighted by molar-refractivity contribution is 0.0953. The van der Waals surface area contributed by atoms with Gasteiger partial charge in [0.1, 0.15) is 0 Å². The first kappa shape index (κ1) is 18.1. The average Bonchev–Trinajstić information content (AvgIpc) is 2.60. The van der Waals surface area contributed by atoms with Gasteiger partial charge in [0.15, 0.2) is 11.5 Å². The zero-order chi connectivity index (χ0) is 17.4. The van der Waals surface area contributed by atoms with Crippen molar-refractivity contribution in [3.63, 3.8) is 0 Å². The molecule has 128 valence electrons. The number of nitrogens with one attached hydrogen (secondary N) is 1. The summed E-state index contributed by atoms with van der Waals surface area (Å²) in [6.45, 7) is 3.10. The lowest BCUT2D eigenvalue weighted by Gasteiger charge is -2.14. The molecule has 0 aliphatic carbocycles. The zero-order valence-corrected chi connectivity index (χ0v) is 14.7. The third kappa shape index (κ3) is 4.90. The van der Waals surface area contributed by atoms with E-state index in [9.17, 15) is 4.79 Å². The summed E-state index contributed by atoms with van der Waals surface area (Å²) >= 11 is 6.24. The molecular formula is C19H22ClNO3. The molecule has 1 amide bonds. The van der Waals surface area contributed by atoms with Crippen LogP contribution < -0.4 is 14.8 Å². The van der Waals surface area contributed by atoms with Gasteiger partial charge in [0.2, 0.25) is 0 Å². The molecule has 4 nitrogen and oxygen atoms in total. The van der Waals surface area contributed by atoms with E-state index < -0.39 is 0 Å². The van der Waals surface area contributed by atoms with Crippen LogP contribution in [0.2, 0.25) is 5.02 Å². The highest BCUT2D eigenvalue weighted by atomic mass is 35.5. The molecule has 2 aromatic carbocycles. The SMILES string of the molecule is CCCOc1c(Cl)cc(C(=O)NCCc2ccccc2)cc1OC. The summed E-state index contributed by atoms with van der Waals surface area (Å²) in [7, 11) is 1.53. The summed E-state index contributed by atoms with van der Waals surface area (Å²) in [4.78, 5) is 12.3. The van der Waals surface area contributed by atoms with Crippen molar-refractivity contribution < 1.29 is 14.3 Å². The van der Waals surface area contributed by atoms with E-state index in [1.807, 2.05) is 37.3 Å². The van der Waals surface area contributed by atoms with Gasteiger partial charge >= 0.3 is 0 Å². The molecule has 1 N–H and O–H groups in total. The van der Waals surface area contributed by atoms with Crippen LogP contribution in [0.3, 0.4) is 0 Å². The van der Waals surface area contributed by atoms with Crippen molar-refractivity contribution in [3.8, 4) is 11.5 Å². The van der Waals surface area contributed by atoms with Crippen molar-refractivity contribution in [1.29, 1.82) is 0 Å². The number of methoxy groups -OCH3 is 1. The molecule has 0 spiro atoms. The highest BCUT2D eigenvalue weighted by Gasteiger charge is 2.15. The molecule has 5 heteroatoms. The maximum Gasteiger partial charge on any atom is 0.251 e. The second-order valence-corrected chi connectivity index (χ2v) is 5.74. The monoisotopic (exact) mass is 347 g/mol. The average molecular weight is 348 g/mol. The van der Waals surface area contributed by atoms with Gasteiger partial charge in [-0.2, -0.15) is 0 Å². The smallest absolute Gasteiger partial charge is 0.251 e. The number of carbonyl (C=O) groups is 1. The summed E-state index contributed by atoms with van der Waals surface area (Å²) in [5.74, 6) is 0.749. The third-order valence-electron chi connectivity index (χ3n) is 3.48. The maximum absolute atomic E-state index is 12.3. The Hall–Kier alpha value is -2.20. The number of hydrogen-bond acceptors (Lipinski definition) is 3. The molecule has 0 aliphatic heterocycles. The molecule has 0 saturated carbocycles. The predicted molar refractivity (Wildman–Crippen MR) is 96.3 cm³/mol. The molecule has 24 heavy (non-hydrogen) atoms. The Morgan fingerprint density at radius 3 is 2.62 bits per heavy atom. The topological polar surface area (TPSA) is 47.6 Å². The molecule has 0 heterocycles. The number of ether oxygens (including phenoxy) is 2. The Balaban J connectivity index is 2.02. The van der Waals surface area contributed by atoms with Gasteiger partial charge in [-0.05, 0) is 30.5 Å². The number of hydrogen-bond donors (Lipinski definition) is 1. The molecule has 2 rings (SSSR count). The summed E-state index contributed by atoms with van der Waals surface area (Å²) < 4.78 is 10.9. The van der Waals surface area contributed by atoms with E-state index in [4.69, 9.17) is 21.1 Å². The Labute approximate surface area is 147 Å². The van der Waals surface area contributed by atoms with Gasteiger partial charge in [-0.3, -0.25) is 4.79 Å². The second kappa shape index (κ2) is 9.18. The van der Waals surface area contributed by atoms with Gasteiger partial charge in [0, 0.05) is 12.1 Å². The number of carbonyl (C=O) groups excluding carboxylic acids is 1. The highest BCUT2D eigenvalue weighted by Crippen LogP contribution is 2.36. The molecule has 0 bridgehead atoms. The fraction of sp³-hybridized carbons (Fsp3) is 0.316. The van der Waals surface area contributed by atoms with E-state index in [0.29, 0.717) is 35.2 Å². The molecule has 0 unspecified atom stereocenters. The van der Waals surface area contributed by atoms with Gasteiger partial charge in [0.25, 0.3) is 5.91 Å². The first-order chi connectivity index (χ1) is 11.7. The highest BCUT2D eigenvalue weighted by molar-refractivity contribution is 6.32. The first-order valence-corrected chi connectivity index (χ1v) is 8.36. The van der Waals surface area contributed by atoms with Crippen molar-refractivity contribution in [3.05, 3.63) is 58.6 Å². The molecule has 0 atom stereocenters. The number of halogens is 1. The third-order valence-corrected chi connectivity index (χ3v) is 3.76.